The Balaban J connectivity index is 2.40. The lowest BCUT2D eigenvalue weighted by Gasteiger charge is -2.32. The van der Waals surface area contributed by atoms with E-state index in [1.807, 2.05) is 0 Å². The van der Waals surface area contributed by atoms with E-state index in [9.17, 15) is 26.4 Å². The highest BCUT2D eigenvalue weighted by atomic mass is 32.2. The molecule has 0 saturated carbocycles. The first kappa shape index (κ1) is 18.7. The van der Waals surface area contributed by atoms with Gasteiger partial charge in [-0.3, -0.25) is 4.79 Å². The molecule has 0 bridgehead atoms. The van der Waals surface area contributed by atoms with Gasteiger partial charge in [-0.1, -0.05) is 31.5 Å². The highest BCUT2D eigenvalue weighted by molar-refractivity contribution is 7.89. The van der Waals surface area contributed by atoms with E-state index in [2.05, 4.69) is 0 Å². The third-order valence-corrected chi connectivity index (χ3v) is 5.79. The fourth-order valence-corrected chi connectivity index (χ4v) is 4.53. The Kier molecular flexibility index (Phi) is 4.96. The standard InChI is InChI=1S/C15H19F3N2O3S/c1-10(2)13-19(14(21)15(16,17)18)8-9-20(13)24(22,23)12-6-4-11(3)5-7-12/h4-7,10,13H,8-9H2,1-3H3/t13-/m0/s1. The number of sulfonamides is 1. The van der Waals surface area contributed by atoms with Crippen molar-refractivity contribution in [1.29, 1.82) is 0 Å². The number of hydrogen-bond acceptors (Lipinski definition) is 3. The number of rotatable bonds is 3. The summed E-state index contributed by atoms with van der Waals surface area (Å²) in [5.74, 6) is -2.50. The molecule has 134 valence electrons. The van der Waals surface area contributed by atoms with E-state index in [-0.39, 0.29) is 18.0 Å². The number of alkyl halides is 3. The van der Waals surface area contributed by atoms with Gasteiger partial charge in [0.25, 0.3) is 0 Å². The van der Waals surface area contributed by atoms with Crippen LogP contribution in [-0.2, 0) is 14.8 Å². The second-order valence-electron chi connectivity index (χ2n) is 6.08. The lowest BCUT2D eigenvalue weighted by molar-refractivity contribution is -0.188. The van der Waals surface area contributed by atoms with Crippen molar-refractivity contribution in [2.24, 2.45) is 5.92 Å². The zero-order valence-corrected chi connectivity index (χ0v) is 14.4. The van der Waals surface area contributed by atoms with E-state index in [1.54, 1.807) is 32.9 Å². The fourth-order valence-electron chi connectivity index (χ4n) is 2.81. The number of carbonyl (C=O) groups excluding carboxylic acids is 1. The Labute approximate surface area is 139 Å². The zero-order chi connectivity index (χ0) is 18.3. The molecule has 24 heavy (non-hydrogen) atoms. The van der Waals surface area contributed by atoms with Crippen LogP contribution < -0.4 is 0 Å². The largest absolute Gasteiger partial charge is 0.471 e. The molecule has 1 atom stereocenters. The molecule has 0 radical (unpaired) electrons. The Hall–Kier alpha value is -1.61. The van der Waals surface area contributed by atoms with Gasteiger partial charge >= 0.3 is 12.1 Å². The van der Waals surface area contributed by atoms with Crippen LogP contribution in [0.25, 0.3) is 0 Å². The van der Waals surface area contributed by atoms with Crippen LogP contribution in [-0.4, -0.2) is 49.0 Å². The topological polar surface area (TPSA) is 57.7 Å². The molecular weight excluding hydrogens is 345 g/mol. The molecular formula is C15H19F3N2O3S. The molecule has 1 aliphatic rings. The van der Waals surface area contributed by atoms with Gasteiger partial charge in [-0.2, -0.15) is 17.5 Å². The zero-order valence-electron chi connectivity index (χ0n) is 13.5. The molecule has 9 heteroatoms. The number of hydrogen-bond donors (Lipinski definition) is 0. The van der Waals surface area contributed by atoms with Crippen LogP contribution in [0.1, 0.15) is 19.4 Å². The summed E-state index contributed by atoms with van der Waals surface area (Å²) in [6.07, 6.45) is -6.19. The van der Waals surface area contributed by atoms with Gasteiger partial charge in [-0.15, -0.1) is 0 Å². The summed E-state index contributed by atoms with van der Waals surface area (Å²) in [7, 11) is -3.99. The van der Waals surface area contributed by atoms with Crippen LogP contribution in [0.3, 0.4) is 0 Å². The number of amides is 1. The summed E-state index contributed by atoms with van der Waals surface area (Å²) in [6.45, 7) is 4.52. The Morgan fingerprint density at radius 3 is 2.17 bits per heavy atom. The van der Waals surface area contributed by atoms with Gasteiger partial charge in [0.1, 0.15) is 6.17 Å². The molecule has 1 saturated heterocycles. The molecule has 0 N–H and O–H groups in total. The SMILES string of the molecule is Cc1ccc(S(=O)(=O)N2CCN(C(=O)C(F)(F)F)[C@@H]2C(C)C)cc1. The Morgan fingerprint density at radius 2 is 1.71 bits per heavy atom. The molecule has 1 amide bonds. The number of aryl methyl sites for hydroxylation is 1. The summed E-state index contributed by atoms with van der Waals surface area (Å²) in [5, 5.41) is 0. The molecule has 1 fully saturated rings. The van der Waals surface area contributed by atoms with Gasteiger partial charge in [0.2, 0.25) is 10.0 Å². The van der Waals surface area contributed by atoms with Crippen molar-refractivity contribution in [3.63, 3.8) is 0 Å². The fraction of sp³-hybridized carbons (Fsp3) is 0.533. The second kappa shape index (κ2) is 6.36. The summed E-state index contributed by atoms with van der Waals surface area (Å²) < 4.78 is 64.9. The van der Waals surface area contributed by atoms with Crippen molar-refractivity contribution in [2.45, 2.75) is 38.0 Å². The first-order valence-corrected chi connectivity index (χ1v) is 8.86. The van der Waals surface area contributed by atoms with E-state index in [0.717, 1.165) is 9.87 Å². The van der Waals surface area contributed by atoms with Crippen LogP contribution in [0.5, 0.6) is 0 Å². The van der Waals surface area contributed by atoms with E-state index in [0.29, 0.717) is 4.90 Å². The average molecular weight is 364 g/mol. The number of benzene rings is 1. The highest BCUT2D eigenvalue weighted by Gasteiger charge is 2.51. The van der Waals surface area contributed by atoms with Gasteiger partial charge < -0.3 is 4.90 Å². The summed E-state index contributed by atoms with van der Waals surface area (Å²) in [6, 6.07) is 6.06. The van der Waals surface area contributed by atoms with Crippen LogP contribution in [0, 0.1) is 12.8 Å². The number of halogens is 3. The minimum Gasteiger partial charge on any atom is -0.317 e. The average Bonchev–Trinajstić information content (AvgIpc) is 2.91. The van der Waals surface area contributed by atoms with Crippen LogP contribution >= 0.6 is 0 Å². The summed E-state index contributed by atoms with van der Waals surface area (Å²) in [5.41, 5.74) is 0.865. The smallest absolute Gasteiger partial charge is 0.317 e. The molecule has 1 aromatic carbocycles. The van der Waals surface area contributed by atoms with Crippen molar-refractivity contribution >= 4 is 15.9 Å². The lowest BCUT2D eigenvalue weighted by atomic mass is 10.1. The molecule has 5 nitrogen and oxygen atoms in total. The Bertz CT molecular complexity index is 714. The minimum atomic E-state index is -5.03. The normalized spacial score (nSPS) is 20.0. The maximum atomic E-state index is 12.8. The van der Waals surface area contributed by atoms with Gasteiger partial charge in [0.15, 0.2) is 0 Å². The second-order valence-corrected chi connectivity index (χ2v) is 7.97. The van der Waals surface area contributed by atoms with Crippen molar-refractivity contribution in [1.82, 2.24) is 9.21 Å². The minimum absolute atomic E-state index is 0.0000534. The van der Waals surface area contributed by atoms with E-state index >= 15 is 0 Å². The predicted molar refractivity (Wildman–Crippen MR) is 81.5 cm³/mol. The molecule has 1 aromatic rings. The van der Waals surface area contributed by atoms with Crippen molar-refractivity contribution in [3.8, 4) is 0 Å². The van der Waals surface area contributed by atoms with Crippen LogP contribution in [0.4, 0.5) is 13.2 Å². The number of nitrogens with zero attached hydrogens (tertiary/aromatic N) is 2. The van der Waals surface area contributed by atoms with Gasteiger partial charge in [-0.25, -0.2) is 8.42 Å². The first-order chi connectivity index (χ1) is 11.0. The Morgan fingerprint density at radius 1 is 1.17 bits per heavy atom. The molecule has 0 aliphatic carbocycles. The maximum absolute atomic E-state index is 12.8. The predicted octanol–water partition coefficient (Wildman–Crippen LogP) is 2.37. The van der Waals surface area contributed by atoms with Gasteiger partial charge in [0.05, 0.1) is 4.90 Å². The van der Waals surface area contributed by atoms with Crippen molar-refractivity contribution < 1.29 is 26.4 Å². The van der Waals surface area contributed by atoms with E-state index in [4.69, 9.17) is 0 Å². The summed E-state index contributed by atoms with van der Waals surface area (Å²) >= 11 is 0. The monoisotopic (exact) mass is 364 g/mol. The lowest BCUT2D eigenvalue weighted by Crippen LogP contribution is -2.51. The summed E-state index contributed by atoms with van der Waals surface area (Å²) in [4.78, 5) is 12.2. The van der Waals surface area contributed by atoms with Gasteiger partial charge in [-0.05, 0) is 25.0 Å². The molecule has 1 heterocycles. The molecule has 0 aromatic heterocycles. The van der Waals surface area contributed by atoms with E-state index in [1.165, 1.54) is 12.1 Å². The molecule has 1 aliphatic heterocycles. The highest BCUT2D eigenvalue weighted by Crippen LogP contribution is 2.31. The number of carbonyl (C=O) groups is 1. The molecule has 0 spiro atoms. The van der Waals surface area contributed by atoms with Crippen LogP contribution in [0.2, 0.25) is 0 Å². The van der Waals surface area contributed by atoms with Crippen molar-refractivity contribution in [3.05, 3.63) is 29.8 Å². The third kappa shape index (κ3) is 3.41. The maximum Gasteiger partial charge on any atom is 0.471 e. The third-order valence-electron chi connectivity index (χ3n) is 3.90. The van der Waals surface area contributed by atoms with Crippen LogP contribution in [0.15, 0.2) is 29.2 Å². The first-order valence-electron chi connectivity index (χ1n) is 7.42. The molecule has 2 rings (SSSR count). The quantitative estimate of drug-likeness (QED) is 0.827. The van der Waals surface area contributed by atoms with Gasteiger partial charge in [0, 0.05) is 13.1 Å². The molecule has 0 unspecified atom stereocenters. The van der Waals surface area contributed by atoms with Crippen molar-refractivity contribution in [2.75, 3.05) is 13.1 Å². The van der Waals surface area contributed by atoms with E-state index < -0.39 is 34.2 Å².